The third kappa shape index (κ3) is 1.94. The van der Waals surface area contributed by atoms with Crippen LogP contribution in [0, 0.1) is 6.92 Å². The molecule has 3 rings (SSSR count). The van der Waals surface area contributed by atoms with E-state index in [2.05, 4.69) is 20.1 Å². The molecule has 0 aliphatic rings. The van der Waals surface area contributed by atoms with E-state index >= 15 is 0 Å². The smallest absolute Gasteiger partial charge is 0.270 e. The Balaban J connectivity index is 2.00. The van der Waals surface area contributed by atoms with Gasteiger partial charge >= 0.3 is 0 Å². The molecule has 0 aliphatic heterocycles. The van der Waals surface area contributed by atoms with Gasteiger partial charge in [-0.15, -0.1) is 22.7 Å². The van der Waals surface area contributed by atoms with E-state index in [1.807, 2.05) is 12.3 Å². The molecule has 0 aromatic carbocycles. The number of aryl methyl sites for hydroxylation is 1. The summed E-state index contributed by atoms with van der Waals surface area (Å²) >= 11 is 2.96. The molecule has 6 nitrogen and oxygen atoms in total. The molecule has 0 amide bonds. The minimum atomic E-state index is 0.415. The lowest BCUT2D eigenvalue weighted by atomic mass is 10.4. The van der Waals surface area contributed by atoms with Crippen molar-refractivity contribution in [2.75, 3.05) is 0 Å². The minimum absolute atomic E-state index is 0.415. The fourth-order valence-corrected chi connectivity index (χ4v) is 2.88. The Morgan fingerprint density at radius 1 is 1.39 bits per heavy atom. The van der Waals surface area contributed by atoms with Gasteiger partial charge in [0.05, 0.1) is 11.2 Å². The van der Waals surface area contributed by atoms with E-state index in [0.29, 0.717) is 18.3 Å². The third-order valence-electron chi connectivity index (χ3n) is 2.30. The first-order valence-electron chi connectivity index (χ1n) is 5.17. The zero-order chi connectivity index (χ0) is 12.5. The topological polar surface area (TPSA) is 90.7 Å². The van der Waals surface area contributed by atoms with Crippen molar-refractivity contribution in [1.82, 2.24) is 20.1 Å². The molecular weight excluding hydrogens is 270 g/mol. The van der Waals surface area contributed by atoms with Crippen LogP contribution in [-0.4, -0.2) is 20.1 Å². The van der Waals surface area contributed by atoms with E-state index in [4.69, 9.17) is 10.3 Å². The summed E-state index contributed by atoms with van der Waals surface area (Å²) in [4.78, 5) is 13.7. The number of thiazole rings is 2. The zero-order valence-electron chi connectivity index (χ0n) is 9.45. The lowest BCUT2D eigenvalue weighted by Crippen LogP contribution is -1.94. The number of hydrogen-bond donors (Lipinski definition) is 1. The van der Waals surface area contributed by atoms with Crippen molar-refractivity contribution in [2.24, 2.45) is 5.73 Å². The average molecular weight is 279 g/mol. The van der Waals surface area contributed by atoms with Crippen molar-refractivity contribution in [1.29, 1.82) is 0 Å². The van der Waals surface area contributed by atoms with Crippen molar-refractivity contribution in [3.05, 3.63) is 21.6 Å². The number of nitrogens with zero attached hydrogens (tertiary/aromatic N) is 4. The largest absolute Gasteiger partial charge is 0.333 e. The summed E-state index contributed by atoms with van der Waals surface area (Å²) in [5.41, 5.74) is 8.87. The van der Waals surface area contributed by atoms with Crippen LogP contribution in [0.1, 0.15) is 10.7 Å². The number of rotatable bonds is 3. The van der Waals surface area contributed by atoms with E-state index in [1.54, 1.807) is 5.51 Å². The molecule has 3 aromatic rings. The molecule has 3 heterocycles. The Morgan fingerprint density at radius 2 is 2.28 bits per heavy atom. The van der Waals surface area contributed by atoms with Crippen LogP contribution in [0.5, 0.6) is 0 Å². The van der Waals surface area contributed by atoms with Crippen LogP contribution in [0.15, 0.2) is 15.4 Å². The quantitative estimate of drug-likeness (QED) is 0.789. The highest BCUT2D eigenvalue weighted by atomic mass is 32.1. The Hall–Kier alpha value is -1.64. The summed E-state index contributed by atoms with van der Waals surface area (Å²) in [6, 6.07) is 0. The monoisotopic (exact) mass is 279 g/mol. The summed E-state index contributed by atoms with van der Waals surface area (Å²) in [5, 5.41) is 6.65. The summed E-state index contributed by atoms with van der Waals surface area (Å²) < 4.78 is 5.25. The van der Waals surface area contributed by atoms with Gasteiger partial charge in [0.1, 0.15) is 15.6 Å². The lowest BCUT2D eigenvalue weighted by Gasteiger charge is -1.86. The van der Waals surface area contributed by atoms with E-state index in [-0.39, 0.29) is 0 Å². The lowest BCUT2D eigenvalue weighted by molar-refractivity contribution is 0.433. The normalized spacial score (nSPS) is 11.0. The van der Waals surface area contributed by atoms with Crippen molar-refractivity contribution in [2.45, 2.75) is 13.5 Å². The van der Waals surface area contributed by atoms with Gasteiger partial charge in [-0.1, -0.05) is 5.16 Å². The first-order valence-corrected chi connectivity index (χ1v) is 6.93. The van der Waals surface area contributed by atoms with Crippen molar-refractivity contribution >= 4 is 22.7 Å². The molecule has 3 aromatic heterocycles. The molecule has 0 saturated heterocycles. The molecule has 0 aliphatic carbocycles. The maximum Gasteiger partial charge on any atom is 0.270 e. The van der Waals surface area contributed by atoms with E-state index in [0.717, 1.165) is 21.3 Å². The molecule has 0 fully saturated rings. The Morgan fingerprint density at radius 3 is 2.94 bits per heavy atom. The van der Waals surface area contributed by atoms with E-state index in [1.165, 1.54) is 22.7 Å². The highest BCUT2D eigenvalue weighted by molar-refractivity contribution is 7.15. The van der Waals surface area contributed by atoms with Gasteiger partial charge in [-0.25, -0.2) is 9.97 Å². The molecule has 92 valence electrons. The SMILES string of the molecule is Cc1nc(CN)sc1-c1nc(-c2cscn2)no1. The van der Waals surface area contributed by atoms with E-state index in [9.17, 15) is 0 Å². The van der Waals surface area contributed by atoms with Crippen LogP contribution in [0.2, 0.25) is 0 Å². The van der Waals surface area contributed by atoms with Crippen LogP contribution in [0.25, 0.3) is 22.3 Å². The molecule has 0 bridgehead atoms. The van der Waals surface area contributed by atoms with Gasteiger partial charge < -0.3 is 10.3 Å². The molecule has 0 spiro atoms. The van der Waals surface area contributed by atoms with Crippen LogP contribution >= 0.6 is 22.7 Å². The van der Waals surface area contributed by atoms with Gasteiger partial charge in [0, 0.05) is 11.9 Å². The molecule has 18 heavy (non-hydrogen) atoms. The van der Waals surface area contributed by atoms with Crippen LogP contribution < -0.4 is 5.73 Å². The maximum absolute atomic E-state index is 5.57. The number of aromatic nitrogens is 4. The van der Waals surface area contributed by atoms with Crippen molar-refractivity contribution in [3.63, 3.8) is 0 Å². The average Bonchev–Trinajstić information content (AvgIpc) is 3.08. The summed E-state index contributed by atoms with van der Waals surface area (Å²) in [6.45, 7) is 2.32. The Kier molecular flexibility index (Phi) is 2.90. The maximum atomic E-state index is 5.57. The number of nitrogens with two attached hydrogens (primary N) is 1. The van der Waals surface area contributed by atoms with Gasteiger partial charge in [-0.2, -0.15) is 4.98 Å². The van der Waals surface area contributed by atoms with Crippen LogP contribution in [0.4, 0.5) is 0 Å². The highest BCUT2D eigenvalue weighted by Crippen LogP contribution is 2.29. The number of hydrogen-bond acceptors (Lipinski definition) is 8. The standard InChI is InChI=1S/C10H9N5OS2/c1-5-8(18-7(2-11)13-5)10-14-9(15-16-10)6-3-17-4-12-6/h3-4H,2,11H2,1H3. The van der Waals surface area contributed by atoms with Crippen LogP contribution in [-0.2, 0) is 6.54 Å². The Bertz CT molecular complexity index is 658. The zero-order valence-corrected chi connectivity index (χ0v) is 11.1. The first-order chi connectivity index (χ1) is 8.78. The molecule has 0 unspecified atom stereocenters. The summed E-state index contributed by atoms with van der Waals surface area (Å²) in [5.74, 6) is 0.959. The molecule has 2 N–H and O–H groups in total. The second kappa shape index (κ2) is 4.56. The summed E-state index contributed by atoms with van der Waals surface area (Å²) in [6.07, 6.45) is 0. The molecule has 0 atom stereocenters. The molecule has 0 saturated carbocycles. The minimum Gasteiger partial charge on any atom is -0.333 e. The van der Waals surface area contributed by atoms with Crippen molar-refractivity contribution < 1.29 is 4.52 Å². The molecular formula is C10H9N5OS2. The van der Waals surface area contributed by atoms with Gasteiger partial charge in [0.2, 0.25) is 5.82 Å². The predicted octanol–water partition coefficient (Wildman–Crippen LogP) is 2.08. The van der Waals surface area contributed by atoms with Gasteiger partial charge in [-0.3, -0.25) is 0 Å². The fraction of sp³-hybridized carbons (Fsp3) is 0.200. The van der Waals surface area contributed by atoms with E-state index < -0.39 is 0 Å². The Labute approximate surface area is 111 Å². The fourth-order valence-electron chi connectivity index (χ4n) is 1.48. The summed E-state index contributed by atoms with van der Waals surface area (Å²) in [7, 11) is 0. The van der Waals surface area contributed by atoms with Gasteiger partial charge in [-0.05, 0) is 6.92 Å². The molecule has 0 radical (unpaired) electrons. The van der Waals surface area contributed by atoms with Gasteiger partial charge in [0.15, 0.2) is 0 Å². The van der Waals surface area contributed by atoms with Crippen molar-refractivity contribution in [3.8, 4) is 22.3 Å². The second-order valence-electron chi connectivity index (χ2n) is 3.52. The predicted molar refractivity (Wildman–Crippen MR) is 69.1 cm³/mol. The third-order valence-corrected chi connectivity index (χ3v) is 4.05. The van der Waals surface area contributed by atoms with Crippen LogP contribution in [0.3, 0.4) is 0 Å². The van der Waals surface area contributed by atoms with Gasteiger partial charge in [0.25, 0.3) is 5.89 Å². The second-order valence-corrected chi connectivity index (χ2v) is 5.33. The highest BCUT2D eigenvalue weighted by Gasteiger charge is 2.17. The molecule has 8 heteroatoms. The first kappa shape index (κ1) is 11.5.